The van der Waals surface area contributed by atoms with Crippen LogP contribution >= 0.6 is 17.0 Å². The third kappa shape index (κ3) is 6.93. The van der Waals surface area contributed by atoms with Gasteiger partial charge in [0.15, 0.2) is 0 Å². The molecule has 0 aliphatic carbocycles. The van der Waals surface area contributed by atoms with Crippen molar-refractivity contribution in [2.45, 2.75) is 27.7 Å². The summed E-state index contributed by atoms with van der Waals surface area (Å²) in [4.78, 5) is 4.48. The van der Waals surface area contributed by atoms with Gasteiger partial charge in [0.25, 0.3) is 0 Å². The van der Waals surface area contributed by atoms with E-state index in [2.05, 4.69) is 24.0 Å². The number of aliphatic imine (C=N–C) groups is 1. The van der Waals surface area contributed by atoms with E-state index >= 15 is 0 Å². The second-order valence-electron chi connectivity index (χ2n) is 5.46. The van der Waals surface area contributed by atoms with Crippen molar-refractivity contribution in [1.82, 2.24) is 0 Å². The summed E-state index contributed by atoms with van der Waals surface area (Å²) in [5.74, 6) is 0.266. The Balaban J connectivity index is 0.000000891. The van der Waals surface area contributed by atoms with Crippen molar-refractivity contribution in [2.75, 3.05) is 0 Å². The zero-order valence-corrected chi connectivity index (χ0v) is 18.2. The van der Waals surface area contributed by atoms with Gasteiger partial charge in [-0.1, -0.05) is 35.9 Å². The predicted molar refractivity (Wildman–Crippen MR) is 102 cm³/mol. The van der Waals surface area contributed by atoms with E-state index in [4.69, 9.17) is 17.0 Å². The van der Waals surface area contributed by atoms with Gasteiger partial charge >= 0.3 is 37.9 Å². The summed E-state index contributed by atoms with van der Waals surface area (Å²) in [5.41, 5.74) is 5.91. The Hall–Kier alpha value is -0.887. The van der Waals surface area contributed by atoms with E-state index < -0.39 is 20.8 Å². The van der Waals surface area contributed by atoms with E-state index in [9.17, 15) is 5.11 Å². The Kier molecular flexibility index (Phi) is 9.58. The molecule has 2 nitrogen and oxygen atoms in total. The number of benzene rings is 2. The number of allylic oxidation sites excluding steroid dienone is 1. The Morgan fingerprint density at radius 3 is 2.04 bits per heavy atom. The van der Waals surface area contributed by atoms with Gasteiger partial charge in [-0.05, 0) is 51.0 Å². The molecular weight excluding hydrogens is 420 g/mol. The van der Waals surface area contributed by atoms with Crippen LogP contribution in [0.25, 0.3) is 5.76 Å². The third-order valence-electron chi connectivity index (χ3n) is 3.34. The van der Waals surface area contributed by atoms with Crippen LogP contribution in [-0.4, -0.2) is 10.8 Å². The van der Waals surface area contributed by atoms with Crippen LogP contribution in [0.2, 0.25) is 0 Å². The molecule has 0 bridgehead atoms. The fraction of sp³-hybridized carbons (Fsp3) is 0.211. The standard InChI is InChI=1S/C19H21NO.2ClH.Zr/c1-13-10-14(2)19(15(3)11-13)18(21)12-16(4)20-17-8-6-5-7-9-17;;;/h5-12,21H,1-4H3;2*1H;/q;;;+2/p-2. The Labute approximate surface area is 162 Å². The average Bonchev–Trinajstić information content (AvgIpc) is 2.47. The van der Waals surface area contributed by atoms with Crippen LogP contribution in [0.3, 0.4) is 0 Å². The maximum absolute atomic E-state index is 10.4. The Bertz CT molecular complexity index is 704. The number of nitrogens with zero attached hydrogens (tertiary/aromatic N) is 1. The van der Waals surface area contributed by atoms with E-state index in [1.807, 2.05) is 51.1 Å². The summed E-state index contributed by atoms with van der Waals surface area (Å²) in [6, 6.07) is 13.9. The van der Waals surface area contributed by atoms with Crippen molar-refractivity contribution < 1.29 is 26.0 Å². The first-order valence-corrected chi connectivity index (χ1v) is 13.8. The molecule has 0 unspecified atom stereocenters. The van der Waals surface area contributed by atoms with E-state index in [0.29, 0.717) is 0 Å². The molecule has 126 valence electrons. The summed E-state index contributed by atoms with van der Waals surface area (Å²) < 4.78 is 0. The molecule has 0 aromatic heterocycles. The van der Waals surface area contributed by atoms with Gasteiger partial charge in [0.2, 0.25) is 0 Å². The quantitative estimate of drug-likeness (QED) is 0.418. The summed E-state index contributed by atoms with van der Waals surface area (Å²) in [6.07, 6.45) is 1.72. The summed E-state index contributed by atoms with van der Waals surface area (Å²) in [7, 11) is 9.87. The maximum atomic E-state index is 10.4. The van der Waals surface area contributed by atoms with E-state index in [1.165, 1.54) is 5.56 Å². The van der Waals surface area contributed by atoms with Crippen molar-refractivity contribution in [3.05, 3.63) is 70.8 Å². The number of aryl methyl sites for hydroxylation is 3. The molecule has 0 atom stereocenters. The molecule has 2 aromatic rings. The first kappa shape index (κ1) is 21.2. The molecule has 24 heavy (non-hydrogen) atoms. The molecule has 2 rings (SSSR count). The number of hydrogen-bond acceptors (Lipinski definition) is 2. The monoisotopic (exact) mass is 439 g/mol. The third-order valence-corrected chi connectivity index (χ3v) is 3.34. The van der Waals surface area contributed by atoms with Crippen LogP contribution in [0.5, 0.6) is 0 Å². The number of aliphatic hydroxyl groups is 1. The molecule has 2 aromatic carbocycles. The van der Waals surface area contributed by atoms with Gasteiger partial charge in [0, 0.05) is 17.4 Å². The molecule has 1 N–H and O–H groups in total. The van der Waals surface area contributed by atoms with Crippen LogP contribution in [0.4, 0.5) is 5.69 Å². The van der Waals surface area contributed by atoms with Gasteiger partial charge in [0.05, 0.1) is 5.69 Å². The molecule has 5 heteroatoms. The van der Waals surface area contributed by atoms with Crippen molar-refractivity contribution in [3.8, 4) is 0 Å². The van der Waals surface area contributed by atoms with Gasteiger partial charge in [0.1, 0.15) is 5.76 Å². The number of rotatable bonds is 3. The topological polar surface area (TPSA) is 32.6 Å². The van der Waals surface area contributed by atoms with Crippen molar-refractivity contribution in [1.29, 1.82) is 0 Å². The van der Waals surface area contributed by atoms with Crippen LogP contribution in [-0.2, 0) is 20.8 Å². The normalized spacial score (nSPS) is 11.6. The minimum atomic E-state index is -0.826. The predicted octanol–water partition coefficient (Wildman–Crippen LogP) is 6.68. The molecule has 0 fully saturated rings. The summed E-state index contributed by atoms with van der Waals surface area (Å²) in [6.45, 7) is 7.99. The second-order valence-corrected chi connectivity index (χ2v) is 9.20. The molecule has 0 saturated carbocycles. The number of halogens is 2. The molecule has 0 spiro atoms. The van der Waals surface area contributed by atoms with Gasteiger partial charge in [-0.25, -0.2) is 0 Å². The molecule has 0 radical (unpaired) electrons. The fourth-order valence-corrected chi connectivity index (χ4v) is 2.59. The van der Waals surface area contributed by atoms with Crippen LogP contribution < -0.4 is 0 Å². The fourth-order valence-electron chi connectivity index (χ4n) is 2.59. The molecular formula is C19H21Cl2NOZr. The minimum absolute atomic E-state index is 0.266. The van der Waals surface area contributed by atoms with Crippen LogP contribution in [0.15, 0.2) is 53.5 Å². The van der Waals surface area contributed by atoms with Crippen molar-refractivity contribution in [3.63, 3.8) is 0 Å². The molecule has 0 aliphatic rings. The molecule has 0 heterocycles. The molecule has 0 saturated heterocycles. The molecule has 0 amide bonds. The number of para-hydroxylation sites is 1. The number of aliphatic hydroxyl groups excluding tert-OH is 1. The van der Waals surface area contributed by atoms with Crippen LogP contribution in [0.1, 0.15) is 29.2 Å². The zero-order chi connectivity index (χ0) is 18.1. The van der Waals surface area contributed by atoms with E-state index in [0.717, 1.165) is 28.1 Å². The van der Waals surface area contributed by atoms with E-state index in [1.54, 1.807) is 6.08 Å². The number of hydrogen-bond donors (Lipinski definition) is 1. The van der Waals surface area contributed by atoms with Gasteiger partial charge in [-0.2, -0.15) is 0 Å². The second kappa shape index (κ2) is 10.9. The van der Waals surface area contributed by atoms with Crippen LogP contribution in [0, 0.1) is 20.8 Å². The Morgan fingerprint density at radius 2 is 1.54 bits per heavy atom. The van der Waals surface area contributed by atoms with Gasteiger partial charge in [-0.15, -0.1) is 0 Å². The SMILES string of the molecule is CC(C=C(O)c1c(C)cc(C)cc1C)=Nc1ccccc1.[Cl][Zr][Cl]. The average molecular weight is 442 g/mol. The first-order valence-electron chi connectivity index (χ1n) is 7.44. The summed E-state index contributed by atoms with van der Waals surface area (Å²) in [5, 5.41) is 10.4. The first-order chi connectivity index (χ1) is 11.4. The Morgan fingerprint density at radius 1 is 1.04 bits per heavy atom. The zero-order valence-electron chi connectivity index (χ0n) is 14.3. The summed E-state index contributed by atoms with van der Waals surface area (Å²) >= 11 is -0.826. The van der Waals surface area contributed by atoms with Crippen molar-refractivity contribution in [2.24, 2.45) is 4.99 Å². The van der Waals surface area contributed by atoms with Crippen molar-refractivity contribution >= 4 is 34.2 Å². The van der Waals surface area contributed by atoms with Gasteiger partial charge < -0.3 is 5.11 Å². The van der Waals surface area contributed by atoms with E-state index in [-0.39, 0.29) is 5.76 Å². The molecule has 0 aliphatic heterocycles. The van der Waals surface area contributed by atoms with Gasteiger partial charge in [-0.3, -0.25) is 4.99 Å².